The Morgan fingerprint density at radius 3 is 2.69 bits per heavy atom. The van der Waals surface area contributed by atoms with Gasteiger partial charge in [0.1, 0.15) is 10.2 Å². The summed E-state index contributed by atoms with van der Waals surface area (Å²) in [5, 5.41) is 4.35. The van der Waals surface area contributed by atoms with Crippen LogP contribution in [0, 0.1) is 0 Å². The van der Waals surface area contributed by atoms with Crippen LogP contribution in [0.3, 0.4) is 0 Å². The van der Waals surface area contributed by atoms with Gasteiger partial charge in [0.05, 0.1) is 20.8 Å². The lowest BCUT2D eigenvalue weighted by Gasteiger charge is -2.08. The first-order valence-corrected chi connectivity index (χ1v) is 9.26. The molecule has 0 bridgehead atoms. The standard InChI is InChI=1S/C19H11Cl2N3OS/c20-14-8-7-11(23-18(25)12-4-3-9-22-17(12)21)10-13(14)19-24-15-5-1-2-6-16(15)26-19/h1-10H,(H,23,25). The van der Waals surface area contributed by atoms with Gasteiger partial charge >= 0.3 is 0 Å². The fourth-order valence-electron chi connectivity index (χ4n) is 2.51. The van der Waals surface area contributed by atoms with Gasteiger partial charge in [-0.25, -0.2) is 9.97 Å². The van der Waals surface area contributed by atoms with Crippen molar-refractivity contribution in [3.8, 4) is 10.6 Å². The van der Waals surface area contributed by atoms with Gasteiger partial charge in [-0.1, -0.05) is 35.3 Å². The van der Waals surface area contributed by atoms with E-state index in [2.05, 4.69) is 15.3 Å². The Bertz CT molecular complexity index is 1090. The predicted octanol–water partition coefficient (Wildman–Crippen LogP) is 5.92. The Labute approximate surface area is 163 Å². The number of hydrogen-bond acceptors (Lipinski definition) is 4. The van der Waals surface area contributed by atoms with Gasteiger partial charge in [-0.3, -0.25) is 4.79 Å². The van der Waals surface area contributed by atoms with Crippen LogP contribution >= 0.6 is 34.5 Å². The second kappa shape index (κ2) is 7.03. The average Bonchev–Trinajstić information content (AvgIpc) is 3.07. The first-order valence-electron chi connectivity index (χ1n) is 7.69. The minimum atomic E-state index is -0.333. The molecule has 128 valence electrons. The maximum atomic E-state index is 12.4. The van der Waals surface area contributed by atoms with Crippen LogP contribution in [0.25, 0.3) is 20.8 Å². The third-order valence-corrected chi connectivity index (χ3v) is 5.45. The summed E-state index contributed by atoms with van der Waals surface area (Å²) in [6.45, 7) is 0. The van der Waals surface area contributed by atoms with Crippen LogP contribution in [0.2, 0.25) is 10.2 Å². The van der Waals surface area contributed by atoms with E-state index >= 15 is 0 Å². The van der Waals surface area contributed by atoms with Gasteiger partial charge in [0.2, 0.25) is 0 Å². The topological polar surface area (TPSA) is 54.9 Å². The summed E-state index contributed by atoms with van der Waals surface area (Å²) >= 11 is 13.9. The molecule has 0 unspecified atom stereocenters. The predicted molar refractivity (Wildman–Crippen MR) is 107 cm³/mol. The van der Waals surface area contributed by atoms with E-state index in [1.807, 2.05) is 30.3 Å². The van der Waals surface area contributed by atoms with Crippen LogP contribution in [0.5, 0.6) is 0 Å². The summed E-state index contributed by atoms with van der Waals surface area (Å²) in [5.74, 6) is -0.333. The van der Waals surface area contributed by atoms with Gasteiger partial charge in [0.25, 0.3) is 5.91 Å². The zero-order chi connectivity index (χ0) is 18.1. The molecule has 2 aromatic carbocycles. The molecule has 4 aromatic rings. The second-order valence-electron chi connectivity index (χ2n) is 5.48. The molecule has 0 aliphatic heterocycles. The molecule has 0 fully saturated rings. The van der Waals surface area contributed by atoms with Crippen molar-refractivity contribution in [3.63, 3.8) is 0 Å². The number of nitrogens with one attached hydrogen (secondary N) is 1. The zero-order valence-corrected chi connectivity index (χ0v) is 15.6. The number of benzene rings is 2. The minimum absolute atomic E-state index is 0.158. The summed E-state index contributed by atoms with van der Waals surface area (Å²) in [6, 6.07) is 16.5. The highest BCUT2D eigenvalue weighted by atomic mass is 35.5. The molecule has 1 amide bonds. The Morgan fingerprint density at radius 1 is 1.04 bits per heavy atom. The van der Waals surface area contributed by atoms with Crippen LogP contribution in [0.4, 0.5) is 5.69 Å². The number of halogens is 2. The summed E-state index contributed by atoms with van der Waals surface area (Å²) < 4.78 is 1.08. The van der Waals surface area contributed by atoms with Crippen molar-refractivity contribution in [2.45, 2.75) is 0 Å². The van der Waals surface area contributed by atoms with Gasteiger partial charge in [-0.05, 0) is 42.5 Å². The number of hydrogen-bond donors (Lipinski definition) is 1. The van der Waals surface area contributed by atoms with E-state index in [4.69, 9.17) is 23.2 Å². The van der Waals surface area contributed by atoms with Crippen molar-refractivity contribution in [1.82, 2.24) is 9.97 Å². The van der Waals surface area contributed by atoms with E-state index < -0.39 is 0 Å². The number of amides is 1. The summed E-state index contributed by atoms with van der Waals surface area (Å²) in [5.41, 5.74) is 2.60. The summed E-state index contributed by atoms with van der Waals surface area (Å²) in [6.07, 6.45) is 1.53. The highest BCUT2D eigenvalue weighted by Crippen LogP contribution is 2.36. The van der Waals surface area contributed by atoms with Gasteiger partial charge < -0.3 is 5.32 Å². The Hall–Kier alpha value is -2.47. The molecule has 4 rings (SSSR count). The van der Waals surface area contributed by atoms with E-state index in [0.717, 1.165) is 20.8 Å². The lowest BCUT2D eigenvalue weighted by Crippen LogP contribution is -2.12. The van der Waals surface area contributed by atoms with Crippen molar-refractivity contribution in [3.05, 3.63) is 76.5 Å². The maximum Gasteiger partial charge on any atom is 0.258 e. The molecular weight excluding hydrogens is 389 g/mol. The molecule has 0 saturated heterocycles. The lowest BCUT2D eigenvalue weighted by atomic mass is 10.2. The van der Waals surface area contributed by atoms with Crippen molar-refractivity contribution in [2.24, 2.45) is 0 Å². The number of carbonyl (C=O) groups is 1. The first kappa shape index (κ1) is 17.0. The van der Waals surface area contributed by atoms with Gasteiger partial charge in [0, 0.05) is 17.4 Å². The maximum absolute atomic E-state index is 12.4. The number of fused-ring (bicyclic) bond motifs is 1. The smallest absolute Gasteiger partial charge is 0.258 e. The van der Waals surface area contributed by atoms with E-state index in [9.17, 15) is 4.79 Å². The number of pyridine rings is 1. The van der Waals surface area contributed by atoms with E-state index in [1.165, 1.54) is 6.20 Å². The highest BCUT2D eigenvalue weighted by Gasteiger charge is 2.14. The fourth-order valence-corrected chi connectivity index (χ4v) is 3.97. The molecule has 0 spiro atoms. The number of para-hydroxylation sites is 1. The summed E-state index contributed by atoms with van der Waals surface area (Å²) in [4.78, 5) is 21.0. The molecule has 7 heteroatoms. The number of anilines is 1. The number of carbonyl (C=O) groups excluding carboxylic acids is 1. The molecule has 1 N–H and O–H groups in total. The van der Waals surface area contributed by atoms with Crippen molar-refractivity contribution < 1.29 is 4.79 Å². The Kier molecular flexibility index (Phi) is 4.59. The van der Waals surface area contributed by atoms with Crippen LogP contribution in [-0.4, -0.2) is 15.9 Å². The molecule has 26 heavy (non-hydrogen) atoms. The largest absolute Gasteiger partial charge is 0.322 e. The van der Waals surface area contributed by atoms with E-state index in [-0.39, 0.29) is 11.1 Å². The summed E-state index contributed by atoms with van der Waals surface area (Å²) in [7, 11) is 0. The van der Waals surface area contributed by atoms with E-state index in [0.29, 0.717) is 16.3 Å². The third-order valence-electron chi connectivity index (χ3n) is 3.75. The number of aromatic nitrogens is 2. The molecule has 0 radical (unpaired) electrons. The lowest BCUT2D eigenvalue weighted by molar-refractivity contribution is 0.102. The molecule has 0 saturated carbocycles. The molecular formula is C19H11Cl2N3OS. The van der Waals surface area contributed by atoms with Crippen molar-refractivity contribution in [1.29, 1.82) is 0 Å². The quantitative estimate of drug-likeness (QED) is 0.435. The molecule has 4 nitrogen and oxygen atoms in total. The van der Waals surface area contributed by atoms with Crippen LogP contribution in [0.15, 0.2) is 60.8 Å². The average molecular weight is 400 g/mol. The van der Waals surface area contributed by atoms with Crippen molar-refractivity contribution >= 4 is 56.3 Å². The van der Waals surface area contributed by atoms with E-state index in [1.54, 1.807) is 35.6 Å². The number of thiazole rings is 1. The highest BCUT2D eigenvalue weighted by molar-refractivity contribution is 7.21. The van der Waals surface area contributed by atoms with Gasteiger partial charge in [-0.15, -0.1) is 11.3 Å². The zero-order valence-electron chi connectivity index (χ0n) is 13.2. The normalized spacial score (nSPS) is 10.8. The third kappa shape index (κ3) is 3.29. The monoisotopic (exact) mass is 399 g/mol. The van der Waals surface area contributed by atoms with Crippen LogP contribution in [-0.2, 0) is 0 Å². The molecule has 0 aliphatic rings. The Balaban J connectivity index is 1.68. The Morgan fingerprint density at radius 2 is 1.88 bits per heavy atom. The molecule has 0 atom stereocenters. The fraction of sp³-hybridized carbons (Fsp3) is 0. The van der Waals surface area contributed by atoms with Crippen LogP contribution < -0.4 is 5.32 Å². The van der Waals surface area contributed by atoms with Crippen LogP contribution in [0.1, 0.15) is 10.4 Å². The number of rotatable bonds is 3. The molecule has 2 heterocycles. The SMILES string of the molecule is O=C(Nc1ccc(Cl)c(-c2nc3ccccc3s2)c1)c1cccnc1Cl. The second-order valence-corrected chi connectivity index (χ2v) is 7.27. The van der Waals surface area contributed by atoms with Gasteiger partial charge in [-0.2, -0.15) is 0 Å². The molecule has 2 aromatic heterocycles. The number of nitrogens with zero attached hydrogens (tertiary/aromatic N) is 2. The van der Waals surface area contributed by atoms with Gasteiger partial charge in [0.15, 0.2) is 0 Å². The van der Waals surface area contributed by atoms with Crippen molar-refractivity contribution in [2.75, 3.05) is 5.32 Å². The minimum Gasteiger partial charge on any atom is -0.322 e. The molecule has 0 aliphatic carbocycles. The first-order chi connectivity index (χ1) is 12.6.